The molecule has 1 fully saturated rings. The second-order valence-electron chi connectivity index (χ2n) is 9.35. The maximum absolute atomic E-state index is 13.1. The smallest absolute Gasteiger partial charge is 0.408 e. The Balaban J connectivity index is 1.32. The minimum atomic E-state index is -1.12. The van der Waals surface area contributed by atoms with Gasteiger partial charge < -0.3 is 20.1 Å². The number of carbonyl (C=O) groups is 3. The number of carboxylic acids is 1. The highest BCUT2D eigenvalue weighted by molar-refractivity contribution is 5.89. The number of nitrogens with zero attached hydrogens (tertiary/aromatic N) is 2. The average molecular weight is 466 g/mol. The number of benzene rings is 2. The molecular weight excluding hydrogens is 434 g/mol. The summed E-state index contributed by atoms with van der Waals surface area (Å²) in [5.74, 6) is -1.05. The quantitative estimate of drug-likeness (QED) is 0.652. The van der Waals surface area contributed by atoms with E-state index in [-0.39, 0.29) is 24.9 Å². The lowest BCUT2D eigenvalue weighted by atomic mass is 9.98. The Morgan fingerprint density at radius 3 is 2.09 bits per heavy atom. The molecule has 0 bridgehead atoms. The van der Waals surface area contributed by atoms with Gasteiger partial charge in [-0.05, 0) is 36.1 Å². The van der Waals surface area contributed by atoms with Crippen molar-refractivity contribution in [1.29, 1.82) is 0 Å². The molecule has 0 aromatic heterocycles. The largest absolute Gasteiger partial charge is 0.481 e. The first-order chi connectivity index (χ1) is 16.3. The van der Waals surface area contributed by atoms with Crippen LogP contribution in [0, 0.1) is 0 Å². The van der Waals surface area contributed by atoms with E-state index in [4.69, 9.17) is 9.84 Å². The van der Waals surface area contributed by atoms with Crippen molar-refractivity contribution < 1.29 is 24.2 Å². The number of rotatable bonds is 7. The lowest BCUT2D eigenvalue weighted by Crippen LogP contribution is -2.59. The number of nitrogens with one attached hydrogen (secondary N) is 1. The molecule has 0 unspecified atom stereocenters. The van der Waals surface area contributed by atoms with Crippen LogP contribution in [0.1, 0.15) is 37.3 Å². The van der Waals surface area contributed by atoms with Crippen molar-refractivity contribution in [2.24, 2.45) is 0 Å². The molecule has 8 heteroatoms. The number of alkyl carbamates (subject to hydrolysis) is 1. The molecule has 0 atom stereocenters. The summed E-state index contributed by atoms with van der Waals surface area (Å²) in [6.45, 7) is 6.22. The van der Waals surface area contributed by atoms with Gasteiger partial charge in [-0.15, -0.1) is 0 Å². The van der Waals surface area contributed by atoms with Crippen molar-refractivity contribution in [3.05, 3.63) is 59.7 Å². The Bertz CT molecular complexity index is 1030. The predicted octanol–water partition coefficient (Wildman–Crippen LogP) is 2.92. The Morgan fingerprint density at radius 1 is 0.971 bits per heavy atom. The fraction of sp³-hybridized carbons (Fsp3) is 0.423. The molecule has 1 saturated heterocycles. The molecule has 0 radical (unpaired) electrons. The Hall–Kier alpha value is -3.39. The minimum Gasteiger partial charge on any atom is -0.481 e. The summed E-state index contributed by atoms with van der Waals surface area (Å²) in [6.07, 6.45) is -0.539. The van der Waals surface area contributed by atoms with E-state index in [1.165, 1.54) is 0 Å². The number of amides is 2. The van der Waals surface area contributed by atoms with E-state index in [1.807, 2.05) is 29.2 Å². The topological polar surface area (TPSA) is 99.2 Å². The Morgan fingerprint density at radius 2 is 1.53 bits per heavy atom. The van der Waals surface area contributed by atoms with Crippen LogP contribution < -0.4 is 5.32 Å². The number of aliphatic carboxylic acids is 1. The Labute approximate surface area is 199 Å². The second kappa shape index (κ2) is 9.85. The summed E-state index contributed by atoms with van der Waals surface area (Å²) in [4.78, 5) is 40.2. The van der Waals surface area contributed by atoms with Gasteiger partial charge in [-0.25, -0.2) is 4.79 Å². The fourth-order valence-electron chi connectivity index (χ4n) is 4.77. The lowest BCUT2D eigenvalue weighted by Gasteiger charge is -2.38. The molecule has 8 nitrogen and oxygen atoms in total. The minimum absolute atomic E-state index is 0.0455. The van der Waals surface area contributed by atoms with Gasteiger partial charge in [0, 0.05) is 38.6 Å². The number of ether oxygens (including phenoxy) is 1. The molecule has 2 aromatic carbocycles. The first-order valence-corrected chi connectivity index (χ1v) is 11.6. The van der Waals surface area contributed by atoms with Crippen molar-refractivity contribution in [3.63, 3.8) is 0 Å². The maximum atomic E-state index is 13.1. The third-order valence-electron chi connectivity index (χ3n) is 6.59. The van der Waals surface area contributed by atoms with Crippen LogP contribution in [0.2, 0.25) is 0 Å². The van der Waals surface area contributed by atoms with Crippen LogP contribution in [0.4, 0.5) is 4.79 Å². The van der Waals surface area contributed by atoms with E-state index in [0.29, 0.717) is 32.7 Å². The molecule has 2 amide bonds. The maximum Gasteiger partial charge on any atom is 0.408 e. The summed E-state index contributed by atoms with van der Waals surface area (Å²) in [5.41, 5.74) is 3.46. The third kappa shape index (κ3) is 5.07. The highest BCUT2D eigenvalue weighted by Gasteiger charge is 2.36. The van der Waals surface area contributed by atoms with Crippen molar-refractivity contribution in [2.75, 3.05) is 39.3 Å². The number of fused-ring (bicyclic) bond motifs is 3. The highest BCUT2D eigenvalue weighted by Crippen LogP contribution is 2.44. The van der Waals surface area contributed by atoms with Crippen LogP contribution in [0.3, 0.4) is 0 Å². The first kappa shape index (κ1) is 23.8. The van der Waals surface area contributed by atoms with E-state index in [0.717, 1.165) is 22.3 Å². The molecule has 1 aliphatic carbocycles. The van der Waals surface area contributed by atoms with Crippen molar-refractivity contribution in [1.82, 2.24) is 15.1 Å². The highest BCUT2D eigenvalue weighted by atomic mass is 16.5. The third-order valence-corrected chi connectivity index (χ3v) is 6.59. The summed E-state index contributed by atoms with van der Waals surface area (Å²) in [5, 5.41) is 11.6. The fourth-order valence-corrected chi connectivity index (χ4v) is 4.77. The lowest BCUT2D eigenvalue weighted by molar-refractivity contribution is -0.140. The number of carbonyl (C=O) groups excluding carboxylic acids is 2. The molecule has 180 valence electrons. The SMILES string of the molecule is CC(C)(NC(=O)OCC1c2ccccc2-c2ccccc21)C(=O)N1CCN(CCC(=O)O)CC1. The number of hydrogen-bond donors (Lipinski definition) is 2. The molecule has 34 heavy (non-hydrogen) atoms. The van der Waals surface area contributed by atoms with E-state index in [1.54, 1.807) is 18.7 Å². The van der Waals surface area contributed by atoms with Gasteiger partial charge >= 0.3 is 12.1 Å². The zero-order valence-electron chi connectivity index (χ0n) is 19.6. The zero-order chi connectivity index (χ0) is 24.3. The van der Waals surface area contributed by atoms with E-state index in [2.05, 4.69) is 29.6 Å². The van der Waals surface area contributed by atoms with Crippen LogP contribution >= 0.6 is 0 Å². The average Bonchev–Trinajstić information content (AvgIpc) is 3.15. The van der Waals surface area contributed by atoms with Crippen molar-refractivity contribution in [3.8, 4) is 11.1 Å². The molecule has 2 aromatic rings. The van der Waals surface area contributed by atoms with Crippen LogP contribution in [0.15, 0.2) is 48.5 Å². The predicted molar refractivity (Wildman–Crippen MR) is 128 cm³/mol. The van der Waals surface area contributed by atoms with E-state index in [9.17, 15) is 14.4 Å². The van der Waals surface area contributed by atoms with Gasteiger partial charge in [-0.3, -0.25) is 14.5 Å². The number of piperazine rings is 1. The second-order valence-corrected chi connectivity index (χ2v) is 9.35. The summed E-state index contributed by atoms with van der Waals surface area (Å²) in [6, 6.07) is 16.3. The molecule has 2 N–H and O–H groups in total. The van der Waals surface area contributed by atoms with Gasteiger partial charge in [-0.1, -0.05) is 48.5 Å². The van der Waals surface area contributed by atoms with E-state index < -0.39 is 17.6 Å². The molecule has 2 aliphatic rings. The first-order valence-electron chi connectivity index (χ1n) is 11.6. The van der Waals surface area contributed by atoms with Crippen molar-refractivity contribution in [2.45, 2.75) is 31.7 Å². The van der Waals surface area contributed by atoms with E-state index >= 15 is 0 Å². The van der Waals surface area contributed by atoms with Gasteiger partial charge in [-0.2, -0.15) is 0 Å². The van der Waals surface area contributed by atoms with Gasteiger partial charge in [0.2, 0.25) is 5.91 Å². The summed E-state index contributed by atoms with van der Waals surface area (Å²) in [7, 11) is 0. The van der Waals surface area contributed by atoms with Crippen LogP contribution in [0.25, 0.3) is 11.1 Å². The van der Waals surface area contributed by atoms with Crippen molar-refractivity contribution >= 4 is 18.0 Å². The van der Waals surface area contributed by atoms with Crippen LogP contribution in [-0.2, 0) is 14.3 Å². The molecule has 1 heterocycles. The normalized spacial score (nSPS) is 16.0. The number of hydrogen-bond acceptors (Lipinski definition) is 5. The van der Waals surface area contributed by atoms with Crippen LogP contribution in [-0.4, -0.2) is 77.7 Å². The molecule has 0 saturated carbocycles. The van der Waals surface area contributed by atoms with Crippen LogP contribution in [0.5, 0.6) is 0 Å². The monoisotopic (exact) mass is 465 g/mol. The standard InChI is InChI=1S/C26H31N3O5/c1-26(2,24(32)29-15-13-28(14-16-29)12-11-23(30)31)27-25(33)34-17-22-20-9-5-3-7-18(20)19-8-4-6-10-21(19)22/h3-10,22H,11-17H2,1-2H3,(H,27,33)(H,30,31). The van der Waals surface area contributed by atoms with Gasteiger partial charge in [0.25, 0.3) is 0 Å². The summed E-state index contributed by atoms with van der Waals surface area (Å²) >= 11 is 0. The molecular formula is C26H31N3O5. The van der Waals surface area contributed by atoms with Gasteiger partial charge in [0.1, 0.15) is 12.1 Å². The molecule has 0 spiro atoms. The number of carboxylic acid groups (broad SMARTS) is 1. The Kier molecular flexibility index (Phi) is 6.88. The zero-order valence-corrected chi connectivity index (χ0v) is 19.6. The van der Waals surface area contributed by atoms with Gasteiger partial charge in [0.05, 0.1) is 6.42 Å². The molecule has 4 rings (SSSR count). The summed E-state index contributed by atoms with van der Waals surface area (Å²) < 4.78 is 5.60. The van der Waals surface area contributed by atoms with Gasteiger partial charge in [0.15, 0.2) is 0 Å². The molecule has 1 aliphatic heterocycles.